The molecule has 152 valence electrons. The number of amides is 2. The normalized spacial score (nSPS) is 15.7. The van der Waals surface area contributed by atoms with E-state index < -0.39 is 5.37 Å². The first-order valence-corrected chi connectivity index (χ1v) is 10.4. The lowest BCUT2D eigenvalue weighted by molar-refractivity contribution is -0.129. The Balaban J connectivity index is 1.86. The average Bonchev–Trinajstić information content (AvgIpc) is 3.10. The minimum Gasteiger partial charge on any atom is -0.493 e. The van der Waals surface area contributed by atoms with Gasteiger partial charge in [0.1, 0.15) is 12.0 Å². The van der Waals surface area contributed by atoms with E-state index in [2.05, 4.69) is 26.3 Å². The van der Waals surface area contributed by atoms with Crippen molar-refractivity contribution in [3.8, 4) is 11.5 Å². The summed E-state index contributed by atoms with van der Waals surface area (Å²) in [6, 6.07) is 13.5. The van der Waals surface area contributed by atoms with Gasteiger partial charge in [-0.05, 0) is 39.2 Å². The number of methoxy groups -OCH3 is 1. The molecule has 0 spiro atoms. The number of benzene rings is 2. The summed E-state index contributed by atoms with van der Waals surface area (Å²) in [5.41, 5.74) is 1.82. The van der Waals surface area contributed by atoms with Crippen LogP contribution >= 0.6 is 27.7 Å². The van der Waals surface area contributed by atoms with Gasteiger partial charge in [0.2, 0.25) is 11.8 Å². The molecule has 1 aliphatic heterocycles. The number of ether oxygens (including phenoxy) is 2. The molecule has 0 saturated carbocycles. The number of carbonyl (C=O) groups is 2. The number of hydrogen-bond donors (Lipinski definition) is 1. The average molecular weight is 478 g/mol. The number of carbonyl (C=O) groups excluding carboxylic acids is 2. The van der Waals surface area contributed by atoms with Crippen LogP contribution in [0.3, 0.4) is 0 Å². The standard InChI is InChI=1S/C20H20BrN3O4S/c1-12(25)22-20-23-24(13(2)26)19(29-20)15-9-16(21)18(17(10-15)27-3)28-11-14-7-5-4-6-8-14/h4-10,19H,11H2,1-3H3,(H,22,23,25)/t19-/m1/s1. The zero-order valence-corrected chi connectivity index (χ0v) is 18.5. The van der Waals surface area contributed by atoms with Crippen molar-refractivity contribution in [2.45, 2.75) is 25.8 Å². The summed E-state index contributed by atoms with van der Waals surface area (Å²) in [5.74, 6) is 0.619. The van der Waals surface area contributed by atoms with E-state index in [1.165, 1.54) is 30.6 Å². The van der Waals surface area contributed by atoms with Crippen LogP contribution in [0.15, 0.2) is 52.0 Å². The molecular formula is C20H20BrN3O4S. The third-order valence-electron chi connectivity index (χ3n) is 4.01. The molecule has 0 bridgehead atoms. The van der Waals surface area contributed by atoms with Gasteiger partial charge in [-0.15, -0.1) is 5.10 Å². The van der Waals surface area contributed by atoms with Crippen LogP contribution in [0.5, 0.6) is 11.5 Å². The lowest BCUT2D eigenvalue weighted by Crippen LogP contribution is -2.25. The van der Waals surface area contributed by atoms with Crippen molar-refractivity contribution in [2.24, 2.45) is 5.10 Å². The SMILES string of the molecule is COc1cc([C@H]2SC(NC(C)=O)=NN2C(C)=O)cc(Br)c1OCc1ccccc1. The largest absolute Gasteiger partial charge is 0.493 e. The quantitative estimate of drug-likeness (QED) is 0.702. The minimum absolute atomic E-state index is 0.234. The summed E-state index contributed by atoms with van der Waals surface area (Å²) in [4.78, 5) is 23.4. The van der Waals surface area contributed by atoms with Crippen molar-refractivity contribution >= 4 is 44.7 Å². The number of halogens is 1. The fourth-order valence-electron chi connectivity index (χ4n) is 2.73. The first-order valence-electron chi connectivity index (χ1n) is 8.76. The van der Waals surface area contributed by atoms with Gasteiger partial charge in [-0.2, -0.15) is 0 Å². The molecule has 3 rings (SSSR count). The van der Waals surface area contributed by atoms with Gasteiger partial charge in [0.15, 0.2) is 16.7 Å². The monoisotopic (exact) mass is 477 g/mol. The summed E-state index contributed by atoms with van der Waals surface area (Å²) in [6.07, 6.45) is 0. The van der Waals surface area contributed by atoms with Gasteiger partial charge in [-0.1, -0.05) is 42.1 Å². The van der Waals surface area contributed by atoms with E-state index >= 15 is 0 Å². The first kappa shape index (κ1) is 21.2. The molecular weight excluding hydrogens is 458 g/mol. The molecule has 0 aromatic heterocycles. The number of nitrogens with zero attached hydrogens (tertiary/aromatic N) is 2. The van der Waals surface area contributed by atoms with Crippen molar-refractivity contribution < 1.29 is 19.1 Å². The molecule has 0 fully saturated rings. The van der Waals surface area contributed by atoms with Crippen LogP contribution in [-0.4, -0.2) is 29.1 Å². The van der Waals surface area contributed by atoms with E-state index in [-0.39, 0.29) is 11.8 Å². The van der Waals surface area contributed by atoms with Gasteiger partial charge < -0.3 is 14.8 Å². The maximum Gasteiger partial charge on any atom is 0.241 e. The molecule has 0 radical (unpaired) electrons. The number of rotatable bonds is 5. The Labute approximate surface area is 181 Å². The topological polar surface area (TPSA) is 80.2 Å². The van der Waals surface area contributed by atoms with Crippen molar-refractivity contribution in [1.29, 1.82) is 0 Å². The molecule has 1 aliphatic rings. The Morgan fingerprint density at radius 1 is 1.24 bits per heavy atom. The maximum absolute atomic E-state index is 12.1. The molecule has 0 unspecified atom stereocenters. The van der Waals surface area contributed by atoms with Crippen LogP contribution in [0.4, 0.5) is 0 Å². The second-order valence-corrected chi connectivity index (χ2v) is 8.15. The van der Waals surface area contributed by atoms with Crippen LogP contribution in [-0.2, 0) is 16.2 Å². The summed E-state index contributed by atoms with van der Waals surface area (Å²) in [5, 5.41) is 8.12. The highest BCUT2D eigenvalue weighted by molar-refractivity contribution is 9.10. The van der Waals surface area contributed by atoms with E-state index in [1.807, 2.05) is 42.5 Å². The number of amidine groups is 1. The summed E-state index contributed by atoms with van der Waals surface area (Å²) in [7, 11) is 1.56. The van der Waals surface area contributed by atoms with Crippen molar-refractivity contribution in [3.63, 3.8) is 0 Å². The Morgan fingerprint density at radius 2 is 1.97 bits per heavy atom. The number of nitrogens with one attached hydrogen (secondary N) is 1. The van der Waals surface area contributed by atoms with Crippen LogP contribution in [0.2, 0.25) is 0 Å². The first-order chi connectivity index (χ1) is 13.9. The van der Waals surface area contributed by atoms with Gasteiger partial charge in [0.05, 0.1) is 11.6 Å². The third kappa shape index (κ3) is 5.10. The Hall–Kier alpha value is -2.52. The van der Waals surface area contributed by atoms with Crippen molar-refractivity contribution in [3.05, 3.63) is 58.1 Å². The highest BCUT2D eigenvalue weighted by atomic mass is 79.9. The second-order valence-electron chi connectivity index (χ2n) is 6.23. The second kappa shape index (κ2) is 9.32. The summed E-state index contributed by atoms with van der Waals surface area (Å²) in [6.45, 7) is 3.22. The molecule has 2 amide bonds. The molecule has 2 aromatic rings. The molecule has 29 heavy (non-hydrogen) atoms. The van der Waals surface area contributed by atoms with Gasteiger partial charge >= 0.3 is 0 Å². The highest BCUT2D eigenvalue weighted by Crippen LogP contribution is 2.44. The van der Waals surface area contributed by atoms with E-state index in [9.17, 15) is 9.59 Å². The molecule has 9 heteroatoms. The molecule has 1 atom stereocenters. The Morgan fingerprint density at radius 3 is 2.59 bits per heavy atom. The van der Waals surface area contributed by atoms with Gasteiger partial charge in [-0.25, -0.2) is 5.01 Å². The number of hydrazone groups is 1. The summed E-state index contributed by atoms with van der Waals surface area (Å²) < 4.78 is 12.2. The number of hydrogen-bond acceptors (Lipinski definition) is 6. The van der Waals surface area contributed by atoms with Gasteiger partial charge in [-0.3, -0.25) is 9.59 Å². The van der Waals surface area contributed by atoms with E-state index in [1.54, 1.807) is 7.11 Å². The predicted molar refractivity (Wildman–Crippen MR) is 116 cm³/mol. The van der Waals surface area contributed by atoms with Crippen LogP contribution < -0.4 is 14.8 Å². The van der Waals surface area contributed by atoms with E-state index in [0.717, 1.165) is 11.1 Å². The molecule has 0 saturated heterocycles. The smallest absolute Gasteiger partial charge is 0.241 e. The maximum atomic E-state index is 12.1. The zero-order chi connectivity index (χ0) is 21.0. The molecule has 1 heterocycles. The third-order valence-corrected chi connectivity index (χ3v) is 5.70. The Kier molecular flexibility index (Phi) is 6.81. The van der Waals surface area contributed by atoms with Crippen LogP contribution in [0.25, 0.3) is 0 Å². The van der Waals surface area contributed by atoms with Gasteiger partial charge in [0, 0.05) is 13.8 Å². The van der Waals surface area contributed by atoms with Gasteiger partial charge in [0.25, 0.3) is 0 Å². The zero-order valence-electron chi connectivity index (χ0n) is 16.1. The molecule has 1 N–H and O–H groups in total. The van der Waals surface area contributed by atoms with Crippen LogP contribution in [0.1, 0.15) is 30.3 Å². The molecule has 2 aromatic carbocycles. The Bertz CT molecular complexity index is 952. The fraction of sp³-hybridized carbons (Fsp3) is 0.250. The minimum atomic E-state index is -0.428. The van der Waals surface area contributed by atoms with Crippen molar-refractivity contribution in [1.82, 2.24) is 10.3 Å². The number of thioether (sulfide) groups is 1. The molecule has 7 nitrogen and oxygen atoms in total. The molecule has 0 aliphatic carbocycles. The van der Waals surface area contributed by atoms with E-state index in [4.69, 9.17) is 9.47 Å². The fourth-order valence-corrected chi connectivity index (χ4v) is 4.42. The summed E-state index contributed by atoms with van der Waals surface area (Å²) >= 11 is 4.83. The lowest BCUT2D eigenvalue weighted by Gasteiger charge is -2.21. The van der Waals surface area contributed by atoms with E-state index in [0.29, 0.717) is 27.7 Å². The van der Waals surface area contributed by atoms with Crippen molar-refractivity contribution in [2.75, 3.05) is 7.11 Å². The lowest BCUT2D eigenvalue weighted by atomic mass is 10.2. The van der Waals surface area contributed by atoms with Crippen LogP contribution in [0, 0.1) is 0 Å². The highest BCUT2D eigenvalue weighted by Gasteiger charge is 2.33. The predicted octanol–water partition coefficient (Wildman–Crippen LogP) is 4.04.